The maximum Gasteiger partial charge on any atom is 0.273 e. The molecule has 0 radical (unpaired) electrons. The summed E-state index contributed by atoms with van der Waals surface area (Å²) in [5.74, 6) is -0.0588. The molecule has 9 nitrogen and oxygen atoms in total. The number of pyridine rings is 1. The van der Waals surface area contributed by atoms with Crippen molar-refractivity contribution in [2.45, 2.75) is 18.9 Å². The number of carbonyl (C=O) groups is 1. The van der Waals surface area contributed by atoms with Crippen LogP contribution in [-0.4, -0.2) is 45.2 Å². The summed E-state index contributed by atoms with van der Waals surface area (Å²) in [5.41, 5.74) is 7.06. The topological polar surface area (TPSA) is 131 Å². The van der Waals surface area contributed by atoms with Gasteiger partial charge in [0.05, 0.1) is 5.52 Å². The van der Waals surface area contributed by atoms with Crippen LogP contribution in [-0.2, 0) is 0 Å². The predicted molar refractivity (Wildman–Crippen MR) is 103 cm³/mol. The number of benzene rings is 1. The third-order valence-electron chi connectivity index (χ3n) is 4.42. The number of nitrogens with two attached hydrogens (primary N) is 1. The smallest absolute Gasteiger partial charge is 0.273 e. The van der Waals surface area contributed by atoms with Crippen molar-refractivity contribution in [3.63, 3.8) is 0 Å². The van der Waals surface area contributed by atoms with Gasteiger partial charge < -0.3 is 21.7 Å². The number of amides is 1. The number of piperidine rings is 1. The quantitative estimate of drug-likeness (QED) is 0.535. The molecule has 1 aromatic carbocycles. The Morgan fingerprint density at radius 2 is 2.19 bits per heavy atom. The van der Waals surface area contributed by atoms with Crippen molar-refractivity contribution in [3.05, 3.63) is 42.2 Å². The molecule has 1 saturated heterocycles. The van der Waals surface area contributed by atoms with Gasteiger partial charge >= 0.3 is 0 Å². The molecule has 0 saturated carbocycles. The van der Waals surface area contributed by atoms with Crippen LogP contribution in [0.15, 0.2) is 36.5 Å². The number of nitrogens with one attached hydrogen (secondary N) is 3. The lowest BCUT2D eigenvalue weighted by Gasteiger charge is -2.23. The van der Waals surface area contributed by atoms with Crippen LogP contribution in [0.1, 0.15) is 23.3 Å². The number of nitrogens with zero attached hydrogens (tertiary/aromatic N) is 4. The Morgan fingerprint density at radius 1 is 1.26 bits per heavy atom. The molecule has 0 aliphatic carbocycles. The van der Waals surface area contributed by atoms with E-state index in [0.29, 0.717) is 5.95 Å². The lowest BCUT2D eigenvalue weighted by molar-refractivity contribution is 0.0995. The van der Waals surface area contributed by atoms with Crippen molar-refractivity contribution in [2.75, 3.05) is 23.7 Å². The van der Waals surface area contributed by atoms with Crippen LogP contribution in [0.3, 0.4) is 0 Å². The first-order valence-corrected chi connectivity index (χ1v) is 8.82. The van der Waals surface area contributed by atoms with E-state index in [9.17, 15) is 4.79 Å². The first-order chi connectivity index (χ1) is 13.2. The van der Waals surface area contributed by atoms with Gasteiger partial charge in [-0.15, -0.1) is 10.2 Å². The third-order valence-corrected chi connectivity index (χ3v) is 4.42. The third kappa shape index (κ3) is 3.93. The van der Waals surface area contributed by atoms with Crippen LogP contribution < -0.4 is 21.7 Å². The van der Waals surface area contributed by atoms with Gasteiger partial charge in [0.15, 0.2) is 11.5 Å². The highest BCUT2D eigenvalue weighted by molar-refractivity contribution is 5.96. The van der Waals surface area contributed by atoms with Gasteiger partial charge in [-0.3, -0.25) is 9.78 Å². The van der Waals surface area contributed by atoms with Crippen LogP contribution in [0.2, 0.25) is 0 Å². The van der Waals surface area contributed by atoms with Gasteiger partial charge in [-0.1, -0.05) is 6.07 Å². The van der Waals surface area contributed by atoms with Gasteiger partial charge in [0.2, 0.25) is 5.95 Å². The average Bonchev–Trinajstić information content (AvgIpc) is 2.69. The van der Waals surface area contributed by atoms with Crippen LogP contribution >= 0.6 is 0 Å². The van der Waals surface area contributed by atoms with Crippen molar-refractivity contribution in [2.24, 2.45) is 5.73 Å². The largest absolute Gasteiger partial charge is 0.364 e. The minimum absolute atomic E-state index is 0.00592. The van der Waals surface area contributed by atoms with Crippen LogP contribution in [0.25, 0.3) is 10.9 Å². The van der Waals surface area contributed by atoms with E-state index in [1.807, 2.05) is 30.3 Å². The fourth-order valence-electron chi connectivity index (χ4n) is 3.09. The summed E-state index contributed by atoms with van der Waals surface area (Å²) in [6.07, 6.45) is 3.85. The molecule has 3 aromatic rings. The van der Waals surface area contributed by atoms with E-state index in [2.05, 4.69) is 36.1 Å². The Morgan fingerprint density at radius 3 is 3.00 bits per heavy atom. The Kier molecular flexibility index (Phi) is 4.75. The van der Waals surface area contributed by atoms with Crippen LogP contribution in [0.4, 0.5) is 17.5 Å². The molecule has 1 fully saturated rings. The number of fused-ring (bicyclic) bond motifs is 1. The molecule has 3 heterocycles. The second-order valence-corrected chi connectivity index (χ2v) is 6.42. The molecule has 1 aliphatic rings. The molecule has 138 valence electrons. The van der Waals surface area contributed by atoms with Gasteiger partial charge in [-0.2, -0.15) is 4.98 Å². The van der Waals surface area contributed by atoms with E-state index in [0.717, 1.165) is 42.5 Å². The van der Waals surface area contributed by atoms with E-state index in [4.69, 9.17) is 5.73 Å². The lowest BCUT2D eigenvalue weighted by atomic mass is 10.1. The zero-order chi connectivity index (χ0) is 18.6. The molecule has 27 heavy (non-hydrogen) atoms. The summed E-state index contributed by atoms with van der Waals surface area (Å²) in [6.45, 7) is 1.85. The SMILES string of the molecule is NC(=O)c1nnc(N[C@H]2CCCNC2)nc1Nc1ccc2ncccc2c1. The Bertz CT molecular complexity index is 970. The number of hydrogen-bond acceptors (Lipinski definition) is 8. The molecule has 1 aliphatic heterocycles. The fraction of sp³-hybridized carbons (Fsp3) is 0.278. The zero-order valence-electron chi connectivity index (χ0n) is 14.6. The Balaban J connectivity index is 1.61. The van der Waals surface area contributed by atoms with Crippen LogP contribution in [0.5, 0.6) is 0 Å². The van der Waals surface area contributed by atoms with Gasteiger partial charge in [-0.25, -0.2) is 0 Å². The summed E-state index contributed by atoms with van der Waals surface area (Å²) in [5, 5.41) is 18.6. The Labute approximate surface area is 155 Å². The highest BCUT2D eigenvalue weighted by Gasteiger charge is 2.18. The number of anilines is 3. The summed E-state index contributed by atoms with van der Waals surface area (Å²) in [6, 6.07) is 9.73. The van der Waals surface area contributed by atoms with E-state index < -0.39 is 5.91 Å². The van der Waals surface area contributed by atoms with Gasteiger partial charge in [0, 0.05) is 29.9 Å². The fourth-order valence-corrected chi connectivity index (χ4v) is 3.09. The second-order valence-electron chi connectivity index (χ2n) is 6.42. The summed E-state index contributed by atoms with van der Waals surface area (Å²) in [4.78, 5) is 20.4. The molecule has 0 bridgehead atoms. The van der Waals surface area contributed by atoms with Crippen molar-refractivity contribution < 1.29 is 4.79 Å². The van der Waals surface area contributed by atoms with Gasteiger partial charge in [-0.05, 0) is 43.7 Å². The predicted octanol–water partition coefficient (Wildman–Crippen LogP) is 1.43. The highest BCUT2D eigenvalue weighted by Crippen LogP contribution is 2.22. The van der Waals surface area contributed by atoms with Crippen molar-refractivity contribution >= 4 is 34.3 Å². The second kappa shape index (κ2) is 7.50. The molecule has 2 aromatic heterocycles. The van der Waals surface area contributed by atoms with E-state index in [-0.39, 0.29) is 17.6 Å². The minimum atomic E-state index is -0.689. The number of carbonyl (C=O) groups excluding carboxylic acids is 1. The van der Waals surface area contributed by atoms with Gasteiger partial charge in [0.25, 0.3) is 5.91 Å². The summed E-state index contributed by atoms with van der Waals surface area (Å²) >= 11 is 0. The number of rotatable bonds is 5. The van der Waals surface area contributed by atoms with Gasteiger partial charge in [0.1, 0.15) is 0 Å². The molecular weight excluding hydrogens is 344 g/mol. The minimum Gasteiger partial charge on any atom is -0.364 e. The van der Waals surface area contributed by atoms with E-state index >= 15 is 0 Å². The van der Waals surface area contributed by atoms with Crippen LogP contribution in [0, 0.1) is 0 Å². The van der Waals surface area contributed by atoms with Crippen molar-refractivity contribution in [3.8, 4) is 0 Å². The average molecular weight is 364 g/mol. The number of hydrogen-bond donors (Lipinski definition) is 4. The zero-order valence-corrected chi connectivity index (χ0v) is 14.6. The standard InChI is InChI=1S/C18H20N8O/c19-16(27)15-17(22-12-5-6-14-11(9-12)3-1-8-21-14)24-18(26-25-15)23-13-4-2-7-20-10-13/h1,3,5-6,8-9,13,20H,2,4,7,10H2,(H2,19,27)(H2,22,23,24,26)/t13-/m0/s1. The lowest BCUT2D eigenvalue weighted by Crippen LogP contribution is -2.39. The molecule has 1 atom stereocenters. The molecule has 0 unspecified atom stereocenters. The van der Waals surface area contributed by atoms with Crippen molar-refractivity contribution in [1.82, 2.24) is 25.5 Å². The van der Waals surface area contributed by atoms with E-state index in [1.165, 1.54) is 0 Å². The monoisotopic (exact) mass is 364 g/mol. The number of aromatic nitrogens is 4. The highest BCUT2D eigenvalue weighted by atomic mass is 16.1. The summed E-state index contributed by atoms with van der Waals surface area (Å²) < 4.78 is 0. The first-order valence-electron chi connectivity index (χ1n) is 8.82. The molecule has 0 spiro atoms. The summed E-state index contributed by atoms with van der Waals surface area (Å²) in [7, 11) is 0. The normalized spacial score (nSPS) is 16.8. The Hall–Kier alpha value is -3.33. The maximum absolute atomic E-state index is 11.7. The van der Waals surface area contributed by atoms with E-state index in [1.54, 1.807) is 6.20 Å². The molecular formula is C18H20N8O. The van der Waals surface area contributed by atoms with Crippen molar-refractivity contribution in [1.29, 1.82) is 0 Å². The molecule has 4 rings (SSSR count). The molecule has 5 N–H and O–H groups in total. The molecule has 1 amide bonds. The maximum atomic E-state index is 11.7. The number of primary amides is 1. The first kappa shape index (κ1) is 17.1. The molecule has 9 heteroatoms.